The van der Waals surface area contributed by atoms with Crippen LogP contribution in [0.15, 0.2) is 18.2 Å². The second-order valence-corrected chi connectivity index (χ2v) is 4.40. The molecule has 1 heterocycles. The summed E-state index contributed by atoms with van der Waals surface area (Å²) in [7, 11) is 3.16. The Hall–Kier alpha value is -1.62. The summed E-state index contributed by atoms with van der Waals surface area (Å²) < 4.78 is 18.4. The lowest BCUT2D eigenvalue weighted by molar-refractivity contribution is -0.121. The van der Waals surface area contributed by atoms with Crippen molar-refractivity contribution in [3.8, 4) is 5.75 Å². The van der Waals surface area contributed by atoms with E-state index in [1.54, 1.807) is 7.05 Å². The average molecular weight is 252 g/mol. The van der Waals surface area contributed by atoms with Crippen molar-refractivity contribution < 1.29 is 13.9 Å². The lowest BCUT2D eigenvalue weighted by atomic mass is 10.1. The molecule has 4 nitrogen and oxygen atoms in total. The van der Waals surface area contributed by atoms with E-state index in [1.165, 1.54) is 30.2 Å². The molecule has 0 spiro atoms. The fraction of sp³-hybridized carbons (Fsp3) is 0.462. The van der Waals surface area contributed by atoms with Gasteiger partial charge in [0.2, 0.25) is 5.91 Å². The summed E-state index contributed by atoms with van der Waals surface area (Å²) >= 11 is 0. The summed E-state index contributed by atoms with van der Waals surface area (Å²) in [5, 5.41) is 3.15. The number of rotatable bonds is 3. The van der Waals surface area contributed by atoms with E-state index in [-0.39, 0.29) is 17.6 Å². The molecule has 1 aromatic carbocycles. The van der Waals surface area contributed by atoms with E-state index >= 15 is 0 Å². The van der Waals surface area contributed by atoms with Crippen molar-refractivity contribution in [1.29, 1.82) is 0 Å². The third-order valence-corrected chi connectivity index (χ3v) is 3.24. The molecule has 5 heteroatoms. The Morgan fingerprint density at radius 2 is 2.33 bits per heavy atom. The van der Waals surface area contributed by atoms with E-state index in [2.05, 4.69) is 5.32 Å². The summed E-state index contributed by atoms with van der Waals surface area (Å²) in [5.41, 5.74) is 0.467. The van der Waals surface area contributed by atoms with Crippen molar-refractivity contribution in [3.63, 3.8) is 0 Å². The highest BCUT2D eigenvalue weighted by Crippen LogP contribution is 2.29. The molecule has 2 rings (SSSR count). The van der Waals surface area contributed by atoms with Gasteiger partial charge >= 0.3 is 0 Å². The highest BCUT2D eigenvalue weighted by molar-refractivity contribution is 5.96. The summed E-state index contributed by atoms with van der Waals surface area (Å²) in [4.78, 5) is 13.7. The smallest absolute Gasteiger partial charge is 0.231 e. The number of methoxy groups -OCH3 is 1. The maximum atomic E-state index is 13.3. The summed E-state index contributed by atoms with van der Waals surface area (Å²) in [6.07, 6.45) is 0.820. The van der Waals surface area contributed by atoms with Crippen LogP contribution < -0.4 is 15.0 Å². The quantitative estimate of drug-likeness (QED) is 0.884. The molecular weight excluding hydrogens is 235 g/mol. The molecule has 1 aliphatic heterocycles. The van der Waals surface area contributed by atoms with Crippen molar-refractivity contribution in [3.05, 3.63) is 24.0 Å². The van der Waals surface area contributed by atoms with E-state index in [4.69, 9.17) is 4.74 Å². The van der Waals surface area contributed by atoms with Crippen LogP contribution in [0, 0.1) is 11.7 Å². The molecule has 0 aromatic heterocycles. The highest BCUT2D eigenvalue weighted by atomic mass is 19.1. The number of amides is 1. The predicted molar refractivity (Wildman–Crippen MR) is 67.3 cm³/mol. The zero-order chi connectivity index (χ0) is 13.1. The van der Waals surface area contributed by atoms with E-state index in [9.17, 15) is 9.18 Å². The molecule has 0 saturated carbocycles. The van der Waals surface area contributed by atoms with Crippen LogP contribution in [0.4, 0.5) is 10.1 Å². The van der Waals surface area contributed by atoms with Gasteiger partial charge in [0.15, 0.2) is 0 Å². The summed E-state index contributed by atoms with van der Waals surface area (Å²) in [5.74, 6) is 0.0695. The second kappa shape index (κ2) is 5.35. The fourth-order valence-electron chi connectivity index (χ4n) is 2.18. The predicted octanol–water partition coefficient (Wildman–Crippen LogP) is 1.41. The Morgan fingerprint density at radius 1 is 1.56 bits per heavy atom. The molecule has 1 amide bonds. The maximum absolute atomic E-state index is 13.3. The van der Waals surface area contributed by atoms with Crippen LogP contribution in [0.2, 0.25) is 0 Å². The Bertz CT molecular complexity index is 445. The molecule has 98 valence electrons. The number of hydrogen-bond acceptors (Lipinski definition) is 3. The van der Waals surface area contributed by atoms with Gasteiger partial charge < -0.3 is 15.0 Å². The van der Waals surface area contributed by atoms with Gasteiger partial charge in [-0.1, -0.05) is 0 Å². The molecule has 0 radical (unpaired) electrons. The molecule has 1 saturated heterocycles. The topological polar surface area (TPSA) is 41.6 Å². The molecule has 1 aliphatic rings. The summed E-state index contributed by atoms with van der Waals surface area (Å²) in [6.45, 7) is 1.53. The number of nitrogens with zero attached hydrogens (tertiary/aromatic N) is 1. The van der Waals surface area contributed by atoms with Crippen molar-refractivity contribution in [2.24, 2.45) is 5.92 Å². The van der Waals surface area contributed by atoms with Crippen LogP contribution in [0.5, 0.6) is 5.75 Å². The van der Waals surface area contributed by atoms with Gasteiger partial charge in [-0.3, -0.25) is 4.79 Å². The van der Waals surface area contributed by atoms with Crippen LogP contribution in [-0.2, 0) is 4.79 Å². The summed E-state index contributed by atoms with van der Waals surface area (Å²) in [6, 6.07) is 4.16. The van der Waals surface area contributed by atoms with Crippen molar-refractivity contribution in [1.82, 2.24) is 5.32 Å². The van der Waals surface area contributed by atoms with Crippen LogP contribution in [0.25, 0.3) is 0 Å². The zero-order valence-electron chi connectivity index (χ0n) is 10.6. The number of anilines is 1. The first kappa shape index (κ1) is 12.8. The molecule has 0 bridgehead atoms. The minimum Gasteiger partial charge on any atom is -0.495 e. The van der Waals surface area contributed by atoms with E-state index in [0.717, 1.165) is 13.0 Å². The van der Waals surface area contributed by atoms with Crippen molar-refractivity contribution in [2.75, 3.05) is 32.1 Å². The van der Waals surface area contributed by atoms with Crippen molar-refractivity contribution >= 4 is 11.6 Å². The molecule has 1 aromatic rings. The maximum Gasteiger partial charge on any atom is 0.231 e. The lowest BCUT2D eigenvalue weighted by Crippen LogP contribution is -2.34. The lowest BCUT2D eigenvalue weighted by Gasteiger charge is -2.22. The van der Waals surface area contributed by atoms with E-state index in [0.29, 0.717) is 18.0 Å². The van der Waals surface area contributed by atoms with Crippen LogP contribution in [0.1, 0.15) is 6.42 Å². The SMILES string of the molecule is COc1ccc(F)cc1N(C)C(=O)C1CCNC1. The number of benzene rings is 1. The number of ether oxygens (including phenoxy) is 1. The first-order chi connectivity index (χ1) is 8.63. The number of carbonyl (C=O) groups is 1. The zero-order valence-corrected chi connectivity index (χ0v) is 10.6. The standard InChI is InChI=1S/C13H17FN2O2/c1-16(13(17)9-5-6-15-8-9)11-7-10(14)3-4-12(11)18-2/h3-4,7,9,15H,5-6,8H2,1-2H3. The van der Waals surface area contributed by atoms with Gasteiger partial charge in [0.25, 0.3) is 0 Å². The Kier molecular flexibility index (Phi) is 3.81. The van der Waals surface area contributed by atoms with Gasteiger partial charge in [-0.25, -0.2) is 4.39 Å². The number of carbonyl (C=O) groups excluding carboxylic acids is 1. The van der Waals surface area contributed by atoms with Crippen molar-refractivity contribution in [2.45, 2.75) is 6.42 Å². The highest BCUT2D eigenvalue weighted by Gasteiger charge is 2.27. The fourth-order valence-corrected chi connectivity index (χ4v) is 2.18. The van der Waals surface area contributed by atoms with Crippen LogP contribution in [-0.4, -0.2) is 33.2 Å². The molecular formula is C13H17FN2O2. The molecule has 1 N–H and O–H groups in total. The monoisotopic (exact) mass is 252 g/mol. The van der Waals surface area contributed by atoms with Crippen LogP contribution in [0.3, 0.4) is 0 Å². The van der Waals surface area contributed by atoms with Gasteiger partial charge in [-0.15, -0.1) is 0 Å². The minimum atomic E-state index is -0.380. The van der Waals surface area contributed by atoms with Crippen LogP contribution >= 0.6 is 0 Å². The number of halogens is 1. The largest absolute Gasteiger partial charge is 0.495 e. The first-order valence-corrected chi connectivity index (χ1v) is 5.95. The minimum absolute atomic E-state index is 0.0103. The van der Waals surface area contributed by atoms with E-state index in [1.807, 2.05) is 0 Å². The Labute approximate surface area is 106 Å². The molecule has 1 fully saturated rings. The Morgan fingerprint density at radius 3 is 2.94 bits per heavy atom. The van der Waals surface area contributed by atoms with Gasteiger partial charge in [0, 0.05) is 19.7 Å². The molecule has 0 aliphatic carbocycles. The Balaban J connectivity index is 2.24. The van der Waals surface area contributed by atoms with Gasteiger partial charge in [-0.05, 0) is 25.1 Å². The molecule has 1 atom stereocenters. The third-order valence-electron chi connectivity index (χ3n) is 3.24. The molecule has 1 unspecified atom stereocenters. The molecule has 18 heavy (non-hydrogen) atoms. The number of hydrogen-bond donors (Lipinski definition) is 1. The third kappa shape index (κ3) is 2.46. The second-order valence-electron chi connectivity index (χ2n) is 4.40. The average Bonchev–Trinajstić information content (AvgIpc) is 2.90. The van der Waals surface area contributed by atoms with E-state index < -0.39 is 0 Å². The normalized spacial score (nSPS) is 18.7. The van der Waals surface area contributed by atoms with Gasteiger partial charge in [0.05, 0.1) is 18.7 Å². The van der Waals surface area contributed by atoms with Gasteiger partial charge in [0.1, 0.15) is 11.6 Å². The van der Waals surface area contributed by atoms with Gasteiger partial charge in [-0.2, -0.15) is 0 Å². The number of nitrogens with one attached hydrogen (secondary N) is 1. The first-order valence-electron chi connectivity index (χ1n) is 5.95.